The number of ether oxygens (including phenoxy) is 1. The third-order valence-electron chi connectivity index (χ3n) is 2.72. The van der Waals surface area contributed by atoms with E-state index in [2.05, 4.69) is 16.5 Å². The first kappa shape index (κ1) is 13.0. The summed E-state index contributed by atoms with van der Waals surface area (Å²) in [5.74, 6) is 6.67. The Bertz CT molecular complexity index is 642. The molecule has 100 valence electrons. The van der Waals surface area contributed by atoms with Gasteiger partial charge < -0.3 is 20.5 Å². The molecule has 2 rings (SSSR count). The second kappa shape index (κ2) is 5.03. The molecule has 0 atom stereocenters. The first-order valence-corrected chi connectivity index (χ1v) is 5.71. The van der Waals surface area contributed by atoms with Crippen LogP contribution in [0.4, 0.5) is 5.95 Å². The van der Waals surface area contributed by atoms with Crippen LogP contribution in [-0.2, 0) is 0 Å². The highest BCUT2D eigenvalue weighted by Crippen LogP contribution is 2.31. The summed E-state index contributed by atoms with van der Waals surface area (Å²) in [6, 6.07) is 3.75. The smallest absolute Gasteiger partial charge is 0.198 e. The van der Waals surface area contributed by atoms with Crippen molar-refractivity contribution in [3.05, 3.63) is 36.6 Å². The molecule has 0 bridgehead atoms. The summed E-state index contributed by atoms with van der Waals surface area (Å²) in [6.45, 7) is 3.80. The zero-order valence-corrected chi connectivity index (χ0v) is 11.0. The van der Waals surface area contributed by atoms with E-state index in [1.165, 1.54) is 5.01 Å². The maximum absolute atomic E-state index is 5.72. The molecule has 0 aliphatic heterocycles. The molecule has 0 fully saturated rings. The first-order valence-electron chi connectivity index (χ1n) is 5.71. The number of nitrogens with two attached hydrogens (primary N) is 2. The Kier molecular flexibility index (Phi) is 3.43. The summed E-state index contributed by atoms with van der Waals surface area (Å²) in [4.78, 5) is 7.28. The van der Waals surface area contributed by atoms with Gasteiger partial charge in [-0.25, -0.2) is 10.8 Å². The van der Waals surface area contributed by atoms with Crippen molar-refractivity contribution in [2.45, 2.75) is 0 Å². The summed E-state index contributed by atoms with van der Waals surface area (Å²) >= 11 is 0. The van der Waals surface area contributed by atoms with Gasteiger partial charge in [0.05, 0.1) is 7.11 Å². The van der Waals surface area contributed by atoms with Crippen LogP contribution in [0.3, 0.4) is 0 Å². The number of benzene rings is 1. The summed E-state index contributed by atoms with van der Waals surface area (Å²) in [7, 11) is 3.34. The Morgan fingerprint density at radius 1 is 1.53 bits per heavy atom. The maximum Gasteiger partial charge on any atom is 0.198 e. The van der Waals surface area contributed by atoms with Crippen LogP contribution in [0, 0.1) is 0 Å². The van der Waals surface area contributed by atoms with Crippen LogP contribution in [0.15, 0.2) is 31.0 Å². The normalized spacial score (nSPS) is 11.6. The van der Waals surface area contributed by atoms with Crippen molar-refractivity contribution in [1.82, 2.24) is 15.0 Å². The van der Waals surface area contributed by atoms with Crippen molar-refractivity contribution >= 4 is 22.6 Å². The molecule has 1 aromatic carbocycles. The van der Waals surface area contributed by atoms with E-state index in [9.17, 15) is 0 Å². The fourth-order valence-corrected chi connectivity index (χ4v) is 1.94. The standard InChI is InChI=1S/C13H17N5O/c1-4-8(7-18(2)15)9-5-6-10(19-3)12-11(9)16-13(14)17-12/h4-7H,1,15H2,2-3H3,(H3,14,16,17)/b8-7+. The maximum atomic E-state index is 5.72. The molecule has 0 radical (unpaired) electrons. The number of rotatable bonds is 4. The quantitative estimate of drug-likeness (QED) is 0.439. The monoisotopic (exact) mass is 259 g/mol. The molecule has 1 heterocycles. The van der Waals surface area contributed by atoms with Crippen LogP contribution < -0.4 is 16.3 Å². The molecular weight excluding hydrogens is 242 g/mol. The van der Waals surface area contributed by atoms with E-state index in [0.717, 1.165) is 22.2 Å². The zero-order valence-electron chi connectivity index (χ0n) is 11.0. The molecular formula is C13H17N5O. The lowest BCUT2D eigenvalue weighted by atomic mass is 10.0. The van der Waals surface area contributed by atoms with Crippen molar-refractivity contribution in [1.29, 1.82) is 0 Å². The fourth-order valence-electron chi connectivity index (χ4n) is 1.94. The molecule has 6 nitrogen and oxygen atoms in total. The molecule has 0 amide bonds. The molecule has 0 aliphatic rings. The number of aromatic amines is 1. The largest absolute Gasteiger partial charge is 0.494 e. The topological polar surface area (TPSA) is 93.2 Å². The van der Waals surface area contributed by atoms with Crippen molar-refractivity contribution in [2.24, 2.45) is 5.84 Å². The van der Waals surface area contributed by atoms with Gasteiger partial charge in [0.15, 0.2) is 5.95 Å². The Labute approximate surface area is 111 Å². The highest BCUT2D eigenvalue weighted by atomic mass is 16.5. The van der Waals surface area contributed by atoms with Crippen molar-refractivity contribution < 1.29 is 4.74 Å². The van der Waals surface area contributed by atoms with Crippen LogP contribution >= 0.6 is 0 Å². The van der Waals surface area contributed by atoms with E-state index in [4.69, 9.17) is 16.3 Å². The highest BCUT2D eigenvalue weighted by Gasteiger charge is 2.13. The predicted molar refractivity (Wildman–Crippen MR) is 77.2 cm³/mol. The van der Waals surface area contributed by atoms with Crippen LogP contribution in [-0.4, -0.2) is 29.1 Å². The fraction of sp³-hybridized carbons (Fsp3) is 0.154. The number of nitrogen functional groups attached to an aromatic ring is 1. The molecule has 0 aliphatic carbocycles. The summed E-state index contributed by atoms with van der Waals surface area (Å²) in [6.07, 6.45) is 3.48. The van der Waals surface area contributed by atoms with Crippen molar-refractivity contribution in [3.63, 3.8) is 0 Å². The summed E-state index contributed by atoms with van der Waals surface area (Å²) < 4.78 is 5.28. The van der Waals surface area contributed by atoms with E-state index in [-0.39, 0.29) is 0 Å². The Balaban J connectivity index is 2.71. The van der Waals surface area contributed by atoms with Crippen LogP contribution in [0.1, 0.15) is 5.56 Å². The Hall–Kier alpha value is -2.47. The van der Waals surface area contributed by atoms with Gasteiger partial charge in [-0.1, -0.05) is 12.7 Å². The minimum Gasteiger partial charge on any atom is -0.494 e. The van der Waals surface area contributed by atoms with Gasteiger partial charge in [0.1, 0.15) is 16.8 Å². The molecule has 0 spiro atoms. The molecule has 2 aromatic rings. The number of hydrazine groups is 1. The van der Waals surface area contributed by atoms with Crippen LogP contribution in [0.5, 0.6) is 5.75 Å². The molecule has 0 saturated carbocycles. The van der Waals surface area contributed by atoms with Gasteiger partial charge in [-0.15, -0.1) is 0 Å². The number of fused-ring (bicyclic) bond motifs is 1. The SMILES string of the molecule is C=C/C(=C\N(C)N)c1ccc(OC)c2[nH]c(N)nc12. The number of anilines is 1. The van der Waals surface area contributed by atoms with Gasteiger partial charge in [0.25, 0.3) is 0 Å². The minimum absolute atomic E-state index is 0.338. The minimum atomic E-state index is 0.338. The molecule has 5 N–H and O–H groups in total. The lowest BCUT2D eigenvalue weighted by Crippen LogP contribution is -2.19. The van der Waals surface area contributed by atoms with Crippen molar-refractivity contribution in [3.8, 4) is 5.75 Å². The third kappa shape index (κ3) is 2.38. The highest BCUT2D eigenvalue weighted by molar-refractivity contribution is 5.95. The number of hydrogen-bond donors (Lipinski definition) is 3. The number of H-pyrrole nitrogens is 1. The Morgan fingerprint density at radius 2 is 2.26 bits per heavy atom. The number of allylic oxidation sites excluding steroid dienone is 2. The van der Waals surface area contributed by atoms with Crippen molar-refractivity contribution in [2.75, 3.05) is 19.9 Å². The lowest BCUT2D eigenvalue weighted by Gasteiger charge is -2.10. The molecule has 19 heavy (non-hydrogen) atoms. The van der Waals surface area contributed by atoms with E-state index < -0.39 is 0 Å². The van der Waals surface area contributed by atoms with E-state index in [1.54, 1.807) is 26.4 Å². The second-order valence-corrected chi connectivity index (χ2v) is 4.12. The number of hydrogen-bond acceptors (Lipinski definition) is 5. The Morgan fingerprint density at radius 3 is 2.84 bits per heavy atom. The summed E-state index contributed by atoms with van der Waals surface area (Å²) in [5, 5.41) is 1.46. The molecule has 0 saturated heterocycles. The number of aromatic nitrogens is 2. The van der Waals surface area contributed by atoms with Gasteiger partial charge in [-0.05, 0) is 12.1 Å². The second-order valence-electron chi connectivity index (χ2n) is 4.12. The first-order chi connectivity index (χ1) is 9.06. The number of imidazole rings is 1. The van der Waals surface area contributed by atoms with E-state index in [1.807, 2.05) is 12.1 Å². The summed E-state index contributed by atoms with van der Waals surface area (Å²) in [5.41, 5.74) is 8.94. The average molecular weight is 259 g/mol. The average Bonchev–Trinajstić information content (AvgIpc) is 2.76. The molecule has 1 aromatic heterocycles. The number of nitrogens with zero attached hydrogens (tertiary/aromatic N) is 2. The van der Waals surface area contributed by atoms with Gasteiger partial charge in [-0.3, -0.25) is 0 Å². The zero-order chi connectivity index (χ0) is 14.0. The van der Waals surface area contributed by atoms with Crippen LogP contribution in [0.25, 0.3) is 16.6 Å². The van der Waals surface area contributed by atoms with Gasteiger partial charge in [0, 0.05) is 24.4 Å². The number of nitrogens with one attached hydrogen (secondary N) is 1. The number of methoxy groups -OCH3 is 1. The van der Waals surface area contributed by atoms with Gasteiger partial charge in [-0.2, -0.15) is 0 Å². The van der Waals surface area contributed by atoms with Crippen LogP contribution in [0.2, 0.25) is 0 Å². The van der Waals surface area contributed by atoms with E-state index >= 15 is 0 Å². The lowest BCUT2D eigenvalue weighted by molar-refractivity contribution is 0.419. The predicted octanol–water partition coefficient (Wildman–Crippen LogP) is 1.49. The van der Waals surface area contributed by atoms with E-state index in [0.29, 0.717) is 11.7 Å². The molecule has 0 unspecified atom stereocenters. The van der Waals surface area contributed by atoms with Gasteiger partial charge >= 0.3 is 0 Å². The third-order valence-corrected chi connectivity index (χ3v) is 2.72. The van der Waals surface area contributed by atoms with Gasteiger partial charge in [0.2, 0.25) is 0 Å². The molecule has 6 heteroatoms.